The summed E-state index contributed by atoms with van der Waals surface area (Å²) in [5, 5.41) is 0.519. The van der Waals surface area contributed by atoms with E-state index in [-0.39, 0.29) is 5.91 Å². The molecule has 0 aliphatic carbocycles. The SMILES string of the molecule is CCN(C(=O)c1ccc(Cl)cc1OC)c1ccccc1N. The Balaban J connectivity index is 2.44. The molecule has 0 spiro atoms. The van der Waals surface area contributed by atoms with Crippen LogP contribution in [0.3, 0.4) is 0 Å². The van der Waals surface area contributed by atoms with Crippen LogP contribution in [0.25, 0.3) is 0 Å². The van der Waals surface area contributed by atoms with Crippen LogP contribution in [0, 0.1) is 0 Å². The van der Waals surface area contributed by atoms with Crippen molar-refractivity contribution in [3.63, 3.8) is 0 Å². The lowest BCUT2D eigenvalue weighted by atomic mass is 10.1. The fraction of sp³-hybridized carbons (Fsp3) is 0.188. The number of carbonyl (C=O) groups is 1. The highest BCUT2D eigenvalue weighted by molar-refractivity contribution is 6.31. The minimum atomic E-state index is -0.177. The second kappa shape index (κ2) is 6.50. The number of nitrogens with zero attached hydrogens (tertiary/aromatic N) is 1. The Labute approximate surface area is 129 Å². The van der Waals surface area contributed by atoms with Crippen molar-refractivity contribution in [2.75, 3.05) is 24.3 Å². The number of carbonyl (C=O) groups excluding carboxylic acids is 1. The molecule has 21 heavy (non-hydrogen) atoms. The minimum absolute atomic E-state index is 0.177. The maximum atomic E-state index is 12.8. The van der Waals surface area contributed by atoms with Gasteiger partial charge in [-0.3, -0.25) is 4.79 Å². The second-order valence-corrected chi connectivity index (χ2v) is 4.89. The Bertz CT molecular complexity index is 658. The average Bonchev–Trinajstić information content (AvgIpc) is 2.49. The summed E-state index contributed by atoms with van der Waals surface area (Å²) >= 11 is 5.93. The molecule has 2 aromatic carbocycles. The van der Waals surface area contributed by atoms with Crippen molar-refractivity contribution >= 4 is 28.9 Å². The molecule has 0 saturated heterocycles. The topological polar surface area (TPSA) is 55.6 Å². The molecule has 0 fully saturated rings. The molecule has 0 aromatic heterocycles. The zero-order valence-electron chi connectivity index (χ0n) is 12.0. The summed E-state index contributed by atoms with van der Waals surface area (Å²) in [6.07, 6.45) is 0. The van der Waals surface area contributed by atoms with E-state index in [9.17, 15) is 4.79 Å². The Morgan fingerprint density at radius 2 is 2.00 bits per heavy atom. The van der Waals surface area contributed by atoms with Gasteiger partial charge in [0.15, 0.2) is 0 Å². The maximum absolute atomic E-state index is 12.8. The van der Waals surface area contributed by atoms with E-state index in [1.807, 2.05) is 25.1 Å². The first-order chi connectivity index (χ1) is 10.1. The molecule has 1 amide bonds. The molecule has 2 aromatic rings. The average molecular weight is 305 g/mol. The molecule has 0 radical (unpaired) electrons. The van der Waals surface area contributed by atoms with Crippen LogP contribution in [0.15, 0.2) is 42.5 Å². The standard InChI is InChI=1S/C16H17ClN2O2/c1-3-19(14-7-5-4-6-13(14)18)16(20)12-9-8-11(17)10-15(12)21-2/h4-10H,3,18H2,1-2H3. The third-order valence-corrected chi connectivity index (χ3v) is 3.42. The minimum Gasteiger partial charge on any atom is -0.496 e. The molecular formula is C16H17ClN2O2. The van der Waals surface area contributed by atoms with Crippen LogP contribution in [-0.4, -0.2) is 19.6 Å². The van der Waals surface area contributed by atoms with Gasteiger partial charge in [-0.25, -0.2) is 0 Å². The summed E-state index contributed by atoms with van der Waals surface area (Å²) in [4.78, 5) is 14.4. The Hall–Kier alpha value is -2.20. The molecular weight excluding hydrogens is 288 g/mol. The number of halogens is 1. The van der Waals surface area contributed by atoms with Crippen LogP contribution in [0.5, 0.6) is 5.75 Å². The normalized spacial score (nSPS) is 10.2. The van der Waals surface area contributed by atoms with E-state index in [0.717, 1.165) is 0 Å². The molecule has 0 saturated carbocycles. The van der Waals surface area contributed by atoms with Gasteiger partial charge < -0.3 is 15.4 Å². The van der Waals surface area contributed by atoms with Crippen molar-refractivity contribution in [1.29, 1.82) is 0 Å². The third-order valence-electron chi connectivity index (χ3n) is 3.18. The smallest absolute Gasteiger partial charge is 0.262 e. The highest BCUT2D eigenvalue weighted by atomic mass is 35.5. The largest absolute Gasteiger partial charge is 0.496 e. The predicted molar refractivity (Wildman–Crippen MR) is 86.2 cm³/mol. The number of hydrogen-bond donors (Lipinski definition) is 1. The summed E-state index contributed by atoms with van der Waals surface area (Å²) in [7, 11) is 1.51. The Morgan fingerprint density at radius 1 is 1.29 bits per heavy atom. The first kappa shape index (κ1) is 15.2. The summed E-state index contributed by atoms with van der Waals surface area (Å²) in [5.74, 6) is 0.268. The zero-order valence-corrected chi connectivity index (χ0v) is 12.7. The van der Waals surface area contributed by atoms with Gasteiger partial charge in [0.1, 0.15) is 5.75 Å². The summed E-state index contributed by atoms with van der Waals surface area (Å²) < 4.78 is 5.24. The Kier molecular flexibility index (Phi) is 4.70. The summed E-state index contributed by atoms with van der Waals surface area (Å²) in [5.41, 5.74) is 7.65. The van der Waals surface area contributed by atoms with Crippen LogP contribution < -0.4 is 15.4 Å². The van der Waals surface area contributed by atoms with E-state index >= 15 is 0 Å². The molecule has 0 heterocycles. The van der Waals surface area contributed by atoms with E-state index in [4.69, 9.17) is 22.1 Å². The number of ether oxygens (including phenoxy) is 1. The Morgan fingerprint density at radius 3 is 2.62 bits per heavy atom. The number of anilines is 2. The number of hydrogen-bond acceptors (Lipinski definition) is 3. The number of nitrogen functional groups attached to an aromatic ring is 1. The van der Waals surface area contributed by atoms with Gasteiger partial charge in [0.2, 0.25) is 0 Å². The monoisotopic (exact) mass is 304 g/mol. The first-order valence-corrected chi connectivity index (χ1v) is 6.96. The highest BCUT2D eigenvalue weighted by Gasteiger charge is 2.21. The fourth-order valence-electron chi connectivity index (χ4n) is 2.14. The van der Waals surface area contributed by atoms with Crippen LogP contribution in [0.1, 0.15) is 17.3 Å². The first-order valence-electron chi connectivity index (χ1n) is 6.58. The molecule has 0 atom stereocenters. The van der Waals surface area contributed by atoms with E-state index in [0.29, 0.717) is 34.3 Å². The molecule has 0 aliphatic rings. The number of benzene rings is 2. The third kappa shape index (κ3) is 3.11. The molecule has 0 aliphatic heterocycles. The van der Waals surface area contributed by atoms with Gasteiger partial charge in [-0.1, -0.05) is 23.7 Å². The van der Waals surface area contributed by atoms with Gasteiger partial charge >= 0.3 is 0 Å². The van der Waals surface area contributed by atoms with E-state index in [2.05, 4.69) is 0 Å². The van der Waals surface area contributed by atoms with Crippen LogP contribution in [-0.2, 0) is 0 Å². The molecule has 0 bridgehead atoms. The molecule has 4 nitrogen and oxygen atoms in total. The van der Waals surface area contributed by atoms with Gasteiger partial charge in [-0.15, -0.1) is 0 Å². The van der Waals surface area contributed by atoms with Crippen molar-refractivity contribution in [2.45, 2.75) is 6.92 Å². The van der Waals surface area contributed by atoms with Crippen LogP contribution >= 0.6 is 11.6 Å². The van der Waals surface area contributed by atoms with Crippen molar-refractivity contribution < 1.29 is 9.53 Å². The van der Waals surface area contributed by atoms with Crippen LogP contribution in [0.2, 0.25) is 5.02 Å². The molecule has 2 rings (SSSR count). The molecule has 110 valence electrons. The molecule has 5 heteroatoms. The van der Waals surface area contributed by atoms with Gasteiger partial charge in [-0.05, 0) is 37.3 Å². The van der Waals surface area contributed by atoms with Gasteiger partial charge in [0, 0.05) is 11.6 Å². The number of amides is 1. The van der Waals surface area contributed by atoms with Gasteiger partial charge in [-0.2, -0.15) is 0 Å². The van der Waals surface area contributed by atoms with Gasteiger partial charge in [0.25, 0.3) is 5.91 Å². The number of para-hydroxylation sites is 2. The number of rotatable bonds is 4. The lowest BCUT2D eigenvalue weighted by molar-refractivity contribution is 0.0985. The highest BCUT2D eigenvalue weighted by Crippen LogP contribution is 2.28. The van der Waals surface area contributed by atoms with Crippen molar-refractivity contribution in [2.24, 2.45) is 0 Å². The van der Waals surface area contributed by atoms with E-state index in [1.54, 1.807) is 29.2 Å². The zero-order chi connectivity index (χ0) is 15.4. The second-order valence-electron chi connectivity index (χ2n) is 4.45. The number of nitrogens with two attached hydrogens (primary N) is 1. The maximum Gasteiger partial charge on any atom is 0.262 e. The fourth-order valence-corrected chi connectivity index (χ4v) is 2.31. The van der Waals surface area contributed by atoms with E-state index < -0.39 is 0 Å². The summed E-state index contributed by atoms with van der Waals surface area (Å²) in [6, 6.07) is 12.2. The van der Waals surface area contributed by atoms with Crippen LogP contribution in [0.4, 0.5) is 11.4 Å². The summed E-state index contributed by atoms with van der Waals surface area (Å²) in [6.45, 7) is 2.39. The lowest BCUT2D eigenvalue weighted by Crippen LogP contribution is -2.31. The van der Waals surface area contributed by atoms with Crippen molar-refractivity contribution in [1.82, 2.24) is 0 Å². The van der Waals surface area contributed by atoms with E-state index in [1.165, 1.54) is 7.11 Å². The van der Waals surface area contributed by atoms with Crippen molar-refractivity contribution in [3.8, 4) is 5.75 Å². The number of methoxy groups -OCH3 is 1. The lowest BCUT2D eigenvalue weighted by Gasteiger charge is -2.23. The van der Waals surface area contributed by atoms with Gasteiger partial charge in [0.05, 0.1) is 24.0 Å². The predicted octanol–water partition coefficient (Wildman–Crippen LogP) is 3.60. The molecule has 2 N–H and O–H groups in total. The molecule has 0 unspecified atom stereocenters. The quantitative estimate of drug-likeness (QED) is 0.878. The van der Waals surface area contributed by atoms with Crippen molar-refractivity contribution in [3.05, 3.63) is 53.1 Å².